The maximum atomic E-state index is 13.3. The Balaban J connectivity index is 1.61. The van der Waals surface area contributed by atoms with Crippen molar-refractivity contribution < 1.29 is 26.1 Å². The van der Waals surface area contributed by atoms with E-state index in [1.807, 2.05) is 13.8 Å². The number of sulfonamides is 1. The molecule has 0 amide bonds. The lowest BCUT2D eigenvalue weighted by Gasteiger charge is -2.14. The molecule has 2 fully saturated rings. The van der Waals surface area contributed by atoms with Gasteiger partial charge in [-0.3, -0.25) is 0 Å². The van der Waals surface area contributed by atoms with Crippen LogP contribution in [-0.4, -0.2) is 24.7 Å². The fourth-order valence-electron chi connectivity index (χ4n) is 3.90. The Morgan fingerprint density at radius 2 is 1.74 bits per heavy atom. The van der Waals surface area contributed by atoms with E-state index in [9.17, 15) is 21.6 Å². The number of benzene rings is 1. The molecular weight excluding hydrogens is 383 g/mol. The van der Waals surface area contributed by atoms with Gasteiger partial charge in [0.15, 0.2) is 5.82 Å². The van der Waals surface area contributed by atoms with Gasteiger partial charge in [-0.1, -0.05) is 31.1 Å². The summed E-state index contributed by atoms with van der Waals surface area (Å²) >= 11 is 0. The summed E-state index contributed by atoms with van der Waals surface area (Å²) < 4.78 is 67.7. The van der Waals surface area contributed by atoms with Crippen LogP contribution in [-0.2, 0) is 15.4 Å². The van der Waals surface area contributed by atoms with Gasteiger partial charge in [0.25, 0.3) is 0 Å². The third-order valence-electron chi connectivity index (χ3n) is 5.82. The summed E-state index contributed by atoms with van der Waals surface area (Å²) in [6, 6.07) is 6.14. The predicted octanol–water partition coefficient (Wildman–Crippen LogP) is 3.22. The summed E-state index contributed by atoms with van der Waals surface area (Å²) in [4.78, 5) is 4.09. The molecule has 2 N–H and O–H groups in total. The zero-order valence-corrected chi connectivity index (χ0v) is 15.4. The number of halogens is 3. The van der Waals surface area contributed by atoms with Crippen LogP contribution < -0.4 is 5.14 Å². The molecule has 0 bridgehead atoms. The molecule has 1 heterocycles. The Labute approximate surface area is 154 Å². The molecule has 0 spiro atoms. The molecule has 2 atom stereocenters. The van der Waals surface area contributed by atoms with Crippen LogP contribution in [0.4, 0.5) is 13.2 Å². The Morgan fingerprint density at radius 1 is 1.15 bits per heavy atom. The highest BCUT2D eigenvalue weighted by atomic mass is 32.2. The number of hydrogen-bond acceptors (Lipinski definition) is 5. The zero-order valence-electron chi connectivity index (χ0n) is 14.6. The lowest BCUT2D eigenvalue weighted by Crippen LogP contribution is -2.29. The molecular formula is C17H18F3N3O3S. The van der Waals surface area contributed by atoms with Gasteiger partial charge in [0.05, 0.1) is 10.8 Å². The topological polar surface area (TPSA) is 99.1 Å². The van der Waals surface area contributed by atoms with Crippen LogP contribution in [0, 0.1) is 5.41 Å². The monoisotopic (exact) mass is 401 g/mol. The molecule has 2 saturated carbocycles. The summed E-state index contributed by atoms with van der Waals surface area (Å²) in [5.74, 6) is -0.411. The first kappa shape index (κ1) is 18.4. The molecule has 6 nitrogen and oxygen atoms in total. The number of hydrogen-bond donors (Lipinski definition) is 1. The predicted molar refractivity (Wildman–Crippen MR) is 88.3 cm³/mol. The second kappa shape index (κ2) is 5.32. The van der Waals surface area contributed by atoms with E-state index < -0.39 is 21.6 Å². The van der Waals surface area contributed by atoms with Gasteiger partial charge in [-0.05, 0) is 36.0 Å². The summed E-state index contributed by atoms with van der Waals surface area (Å²) in [5.41, 5.74) is -1.43. The number of rotatable bonds is 4. The quantitative estimate of drug-likeness (QED) is 0.848. The maximum Gasteiger partial charge on any atom is 0.401 e. The normalized spacial score (nSPS) is 26.0. The highest BCUT2D eigenvalue weighted by Crippen LogP contribution is 2.70. The smallest absolute Gasteiger partial charge is 0.339 e. The van der Waals surface area contributed by atoms with E-state index in [1.54, 1.807) is 12.1 Å². The lowest BCUT2D eigenvalue weighted by atomic mass is 10.0. The highest BCUT2D eigenvalue weighted by Gasteiger charge is 2.68. The van der Waals surface area contributed by atoms with Crippen molar-refractivity contribution in [1.29, 1.82) is 0 Å². The number of nitrogens with two attached hydrogens (primary N) is 1. The van der Waals surface area contributed by atoms with Crippen molar-refractivity contribution in [3.63, 3.8) is 0 Å². The molecule has 1 aromatic carbocycles. The van der Waals surface area contributed by atoms with E-state index in [4.69, 9.17) is 9.66 Å². The van der Waals surface area contributed by atoms with E-state index >= 15 is 0 Å². The summed E-state index contributed by atoms with van der Waals surface area (Å²) in [6.45, 7) is 3.91. The van der Waals surface area contributed by atoms with E-state index in [-0.39, 0.29) is 46.7 Å². The highest BCUT2D eigenvalue weighted by molar-refractivity contribution is 7.89. The first-order valence-electron chi connectivity index (χ1n) is 8.41. The van der Waals surface area contributed by atoms with Crippen molar-refractivity contribution >= 4 is 10.0 Å². The molecule has 0 aliphatic heterocycles. The summed E-state index contributed by atoms with van der Waals surface area (Å²) in [5, 5.41) is 8.72. The van der Waals surface area contributed by atoms with Crippen molar-refractivity contribution in [2.75, 3.05) is 0 Å². The first-order valence-corrected chi connectivity index (χ1v) is 9.96. The molecule has 2 aliphatic rings. The average molecular weight is 401 g/mol. The molecule has 4 rings (SSSR count). The minimum atomic E-state index is -4.39. The van der Waals surface area contributed by atoms with Gasteiger partial charge in [0.1, 0.15) is 5.41 Å². The van der Waals surface area contributed by atoms with E-state index in [2.05, 4.69) is 10.1 Å². The van der Waals surface area contributed by atoms with Crippen molar-refractivity contribution in [3.05, 3.63) is 41.5 Å². The van der Waals surface area contributed by atoms with E-state index in [1.165, 1.54) is 12.1 Å². The molecule has 0 saturated heterocycles. The van der Waals surface area contributed by atoms with Crippen molar-refractivity contribution in [2.24, 2.45) is 10.6 Å². The van der Waals surface area contributed by atoms with Gasteiger partial charge >= 0.3 is 6.18 Å². The largest absolute Gasteiger partial charge is 0.401 e. The Hall–Kier alpha value is -1.94. The number of alkyl halides is 3. The lowest BCUT2D eigenvalue weighted by molar-refractivity contribution is -0.162. The van der Waals surface area contributed by atoms with Crippen LogP contribution in [0.5, 0.6) is 0 Å². The Kier molecular flexibility index (Phi) is 3.63. The fraction of sp³-hybridized carbons (Fsp3) is 0.529. The van der Waals surface area contributed by atoms with Gasteiger partial charge in [-0.2, -0.15) is 18.2 Å². The van der Waals surface area contributed by atoms with E-state index in [0.717, 1.165) is 5.56 Å². The van der Waals surface area contributed by atoms with Gasteiger partial charge in [0.2, 0.25) is 15.9 Å². The standard InChI is InChI=1S/C17H18F3N3O3S/c1-15(2)11(9-3-5-10(6-4-9)27(21,24)25)12(15)13-22-14(23-26-13)16(7-8-16)17(18,19)20/h3-6,11-12H,7-8H2,1-2H3,(H2,21,24,25)/t11-,12+/m0/s1. The second-order valence-electron chi connectivity index (χ2n) is 7.93. The third kappa shape index (κ3) is 2.77. The van der Waals surface area contributed by atoms with Crippen LogP contribution in [0.3, 0.4) is 0 Å². The third-order valence-corrected chi connectivity index (χ3v) is 6.75. The van der Waals surface area contributed by atoms with Gasteiger partial charge in [0, 0.05) is 5.92 Å². The van der Waals surface area contributed by atoms with Crippen LogP contribution >= 0.6 is 0 Å². The van der Waals surface area contributed by atoms with Crippen molar-refractivity contribution in [3.8, 4) is 0 Å². The van der Waals surface area contributed by atoms with Crippen molar-refractivity contribution in [1.82, 2.24) is 10.1 Å². The van der Waals surface area contributed by atoms with Gasteiger partial charge < -0.3 is 4.52 Å². The molecule has 27 heavy (non-hydrogen) atoms. The summed E-state index contributed by atoms with van der Waals surface area (Å²) in [7, 11) is -3.79. The Bertz CT molecular complexity index is 992. The number of aromatic nitrogens is 2. The van der Waals surface area contributed by atoms with Crippen LogP contribution in [0.2, 0.25) is 0 Å². The number of nitrogens with zero attached hydrogens (tertiary/aromatic N) is 2. The first-order chi connectivity index (χ1) is 12.4. The SMILES string of the molecule is CC1(C)[C@@H](c2ccc(S(N)(=O)=O)cc2)[C@@H]1c1nc(C2(C(F)(F)F)CC2)no1. The molecule has 2 aliphatic carbocycles. The second-order valence-corrected chi connectivity index (χ2v) is 9.49. The van der Waals surface area contributed by atoms with Crippen LogP contribution in [0.1, 0.15) is 55.8 Å². The minimum absolute atomic E-state index is 0.00202. The maximum absolute atomic E-state index is 13.3. The van der Waals surface area contributed by atoms with Gasteiger partial charge in [-0.15, -0.1) is 0 Å². The molecule has 1 aromatic heterocycles. The molecule has 10 heteroatoms. The van der Waals surface area contributed by atoms with E-state index in [0.29, 0.717) is 0 Å². The minimum Gasteiger partial charge on any atom is -0.339 e. The van der Waals surface area contributed by atoms with Crippen LogP contribution in [0.15, 0.2) is 33.7 Å². The van der Waals surface area contributed by atoms with Crippen molar-refractivity contribution in [2.45, 2.75) is 55.0 Å². The van der Waals surface area contributed by atoms with Crippen LogP contribution in [0.25, 0.3) is 0 Å². The summed E-state index contributed by atoms with van der Waals surface area (Å²) in [6.07, 6.45) is -4.44. The van der Waals surface area contributed by atoms with Gasteiger partial charge in [-0.25, -0.2) is 13.6 Å². The zero-order chi connectivity index (χ0) is 19.8. The molecule has 0 radical (unpaired) electrons. The molecule has 146 valence electrons. The molecule has 0 unspecified atom stereocenters. The molecule has 2 aromatic rings. The fourth-order valence-corrected chi connectivity index (χ4v) is 4.42. The average Bonchev–Trinajstić information content (AvgIpc) is 3.40. The Morgan fingerprint density at radius 3 is 2.22 bits per heavy atom. The number of primary sulfonamides is 1.